The number of rotatable bonds is 5. The van der Waals surface area contributed by atoms with E-state index in [0.717, 1.165) is 12.3 Å². The normalized spacial score (nSPS) is 18.8. The first-order valence-electron chi connectivity index (χ1n) is 8.82. The fourth-order valence-electron chi connectivity index (χ4n) is 3.68. The van der Waals surface area contributed by atoms with E-state index in [0.29, 0.717) is 18.6 Å². The van der Waals surface area contributed by atoms with Crippen molar-refractivity contribution in [2.24, 2.45) is 0 Å². The molecule has 0 bridgehead atoms. The summed E-state index contributed by atoms with van der Waals surface area (Å²) in [6, 6.07) is 17.2. The molecule has 0 radical (unpaired) electrons. The van der Waals surface area contributed by atoms with Crippen LogP contribution < -0.4 is 10.1 Å². The van der Waals surface area contributed by atoms with Crippen LogP contribution in [-0.4, -0.2) is 17.6 Å². The Morgan fingerprint density at radius 2 is 2.04 bits per heavy atom. The van der Waals surface area contributed by atoms with Crippen molar-refractivity contribution in [2.45, 2.75) is 38.3 Å². The van der Waals surface area contributed by atoms with Crippen molar-refractivity contribution in [3.8, 4) is 5.75 Å². The van der Waals surface area contributed by atoms with Crippen molar-refractivity contribution in [2.75, 3.05) is 6.54 Å². The number of aromatic nitrogens is 1. The van der Waals surface area contributed by atoms with Crippen molar-refractivity contribution in [3.05, 3.63) is 65.9 Å². The maximum Gasteiger partial charge on any atom is 0.120 e. The van der Waals surface area contributed by atoms with E-state index in [1.807, 2.05) is 24.3 Å². The third-order valence-corrected chi connectivity index (χ3v) is 5.13. The fraction of sp³-hybridized carbons (Fsp3) is 0.333. The Kier molecular flexibility index (Phi) is 4.26. The lowest BCUT2D eigenvalue weighted by atomic mass is 9.92. The van der Waals surface area contributed by atoms with E-state index in [1.54, 1.807) is 0 Å². The molecule has 0 saturated carbocycles. The lowest BCUT2D eigenvalue weighted by Gasteiger charge is -2.19. The molecule has 2 N–H and O–H groups in total. The predicted octanol–water partition coefficient (Wildman–Crippen LogP) is 4.60. The van der Waals surface area contributed by atoms with E-state index in [1.165, 1.54) is 34.9 Å². The molecule has 3 aromatic rings. The van der Waals surface area contributed by atoms with Crippen LogP contribution in [0.15, 0.2) is 54.7 Å². The zero-order chi connectivity index (χ0) is 16.4. The van der Waals surface area contributed by atoms with E-state index < -0.39 is 0 Å². The average molecular weight is 320 g/mol. The molecule has 3 nitrogen and oxygen atoms in total. The van der Waals surface area contributed by atoms with Crippen LogP contribution in [0.3, 0.4) is 0 Å². The van der Waals surface area contributed by atoms with E-state index in [4.69, 9.17) is 4.74 Å². The average Bonchev–Trinajstić information content (AvgIpc) is 3.30. The zero-order valence-corrected chi connectivity index (χ0v) is 14.1. The number of nitrogens with one attached hydrogen (secondary N) is 2. The monoisotopic (exact) mass is 320 g/mol. The lowest BCUT2D eigenvalue weighted by Crippen LogP contribution is -2.27. The highest BCUT2D eigenvalue weighted by Crippen LogP contribution is 2.32. The molecule has 2 aromatic carbocycles. The van der Waals surface area contributed by atoms with Crippen LogP contribution in [0.4, 0.5) is 0 Å². The summed E-state index contributed by atoms with van der Waals surface area (Å²) in [4.78, 5) is 3.41. The minimum absolute atomic E-state index is 0.505. The summed E-state index contributed by atoms with van der Waals surface area (Å²) in [5, 5.41) is 4.90. The summed E-state index contributed by atoms with van der Waals surface area (Å²) in [7, 11) is 0. The second-order valence-corrected chi connectivity index (χ2v) is 6.72. The molecular weight excluding hydrogens is 296 g/mol. The highest BCUT2D eigenvalue weighted by atomic mass is 16.5. The van der Waals surface area contributed by atoms with Crippen LogP contribution in [0.1, 0.15) is 36.8 Å². The molecule has 24 heavy (non-hydrogen) atoms. The first kappa shape index (κ1) is 15.3. The van der Waals surface area contributed by atoms with Gasteiger partial charge in [0.25, 0.3) is 0 Å². The van der Waals surface area contributed by atoms with Gasteiger partial charge in [0, 0.05) is 23.1 Å². The van der Waals surface area contributed by atoms with Gasteiger partial charge in [-0.05, 0) is 54.6 Å². The number of H-pyrrole nitrogens is 1. The van der Waals surface area contributed by atoms with Crippen molar-refractivity contribution in [1.82, 2.24) is 10.3 Å². The number of aromatic amines is 1. The predicted molar refractivity (Wildman–Crippen MR) is 98.5 cm³/mol. The van der Waals surface area contributed by atoms with E-state index in [9.17, 15) is 0 Å². The van der Waals surface area contributed by atoms with E-state index in [-0.39, 0.29) is 0 Å². The van der Waals surface area contributed by atoms with Crippen LogP contribution in [0, 0.1) is 0 Å². The Bertz CT molecular complexity index is 803. The molecule has 1 saturated heterocycles. The number of benzene rings is 2. The molecule has 2 unspecified atom stereocenters. The highest BCUT2D eigenvalue weighted by molar-refractivity contribution is 5.85. The maximum absolute atomic E-state index is 6.00. The number of hydrogen-bond acceptors (Lipinski definition) is 2. The van der Waals surface area contributed by atoms with Gasteiger partial charge < -0.3 is 15.0 Å². The topological polar surface area (TPSA) is 37.0 Å². The first-order valence-corrected chi connectivity index (χ1v) is 8.82. The summed E-state index contributed by atoms with van der Waals surface area (Å²) in [6.45, 7) is 4.07. The molecule has 0 aliphatic carbocycles. The molecule has 4 rings (SSSR count). The molecule has 0 amide bonds. The Balaban J connectivity index is 1.56. The minimum atomic E-state index is 0.505. The van der Waals surface area contributed by atoms with Gasteiger partial charge in [0.1, 0.15) is 12.4 Å². The third kappa shape index (κ3) is 3.04. The van der Waals surface area contributed by atoms with Gasteiger partial charge in [0.2, 0.25) is 0 Å². The molecule has 1 aromatic heterocycles. The van der Waals surface area contributed by atoms with Crippen molar-refractivity contribution in [3.63, 3.8) is 0 Å². The second-order valence-electron chi connectivity index (χ2n) is 6.72. The Hall–Kier alpha value is -2.26. The molecule has 0 spiro atoms. The fourth-order valence-corrected chi connectivity index (χ4v) is 3.68. The maximum atomic E-state index is 6.00. The van der Waals surface area contributed by atoms with Crippen LogP contribution in [0.25, 0.3) is 10.9 Å². The highest BCUT2D eigenvalue weighted by Gasteiger charge is 2.24. The third-order valence-electron chi connectivity index (χ3n) is 5.13. The first-order chi connectivity index (χ1) is 11.8. The molecule has 1 aliphatic heterocycles. The SMILES string of the molecule is CC(c1c[nH]c2ccc(OCc3ccccc3)cc12)C1CCCN1. The van der Waals surface area contributed by atoms with Crippen molar-refractivity contribution in [1.29, 1.82) is 0 Å². The van der Waals surface area contributed by atoms with Crippen molar-refractivity contribution >= 4 is 10.9 Å². The van der Waals surface area contributed by atoms with Crippen LogP contribution in [0.5, 0.6) is 5.75 Å². The summed E-state index contributed by atoms with van der Waals surface area (Å²) < 4.78 is 6.00. The lowest BCUT2D eigenvalue weighted by molar-refractivity contribution is 0.306. The van der Waals surface area contributed by atoms with E-state index >= 15 is 0 Å². The largest absolute Gasteiger partial charge is 0.489 e. The Morgan fingerprint density at radius 3 is 2.83 bits per heavy atom. The number of ether oxygens (including phenoxy) is 1. The molecular formula is C21H24N2O. The van der Waals surface area contributed by atoms with Crippen LogP contribution in [-0.2, 0) is 6.61 Å². The van der Waals surface area contributed by atoms with Crippen LogP contribution >= 0.6 is 0 Å². The quantitative estimate of drug-likeness (QED) is 0.721. The molecule has 1 aliphatic rings. The summed E-state index contributed by atoms with van der Waals surface area (Å²) in [6.07, 6.45) is 4.71. The second kappa shape index (κ2) is 6.70. The molecule has 2 heterocycles. The van der Waals surface area contributed by atoms with Gasteiger partial charge in [-0.1, -0.05) is 37.3 Å². The van der Waals surface area contributed by atoms with Gasteiger partial charge in [-0.3, -0.25) is 0 Å². The molecule has 1 fully saturated rings. The van der Waals surface area contributed by atoms with Gasteiger partial charge in [-0.15, -0.1) is 0 Å². The summed E-state index contributed by atoms with van der Waals surface area (Å²) >= 11 is 0. The summed E-state index contributed by atoms with van der Waals surface area (Å²) in [5.74, 6) is 1.43. The van der Waals surface area contributed by atoms with Crippen molar-refractivity contribution < 1.29 is 4.74 Å². The minimum Gasteiger partial charge on any atom is -0.489 e. The van der Waals surface area contributed by atoms with Gasteiger partial charge in [0.05, 0.1) is 0 Å². The standard InChI is InChI=1S/C21H24N2O/c1-15(20-8-5-11-22-20)19-13-23-21-10-9-17(12-18(19)21)24-14-16-6-3-2-4-7-16/h2-4,6-7,9-10,12-13,15,20,22-23H,5,8,11,14H2,1H3. The smallest absolute Gasteiger partial charge is 0.120 e. The number of fused-ring (bicyclic) bond motifs is 1. The van der Waals surface area contributed by atoms with Gasteiger partial charge >= 0.3 is 0 Å². The molecule has 3 heteroatoms. The molecule has 2 atom stereocenters. The van der Waals surface area contributed by atoms with E-state index in [2.05, 4.69) is 47.7 Å². The Morgan fingerprint density at radius 1 is 1.17 bits per heavy atom. The molecule has 124 valence electrons. The van der Waals surface area contributed by atoms with Gasteiger partial charge in [0.15, 0.2) is 0 Å². The Labute approximate surface area is 143 Å². The van der Waals surface area contributed by atoms with Gasteiger partial charge in [-0.25, -0.2) is 0 Å². The number of hydrogen-bond donors (Lipinski definition) is 2. The summed E-state index contributed by atoms with van der Waals surface area (Å²) in [5.41, 5.74) is 3.76. The zero-order valence-electron chi connectivity index (χ0n) is 14.1. The van der Waals surface area contributed by atoms with Gasteiger partial charge in [-0.2, -0.15) is 0 Å². The van der Waals surface area contributed by atoms with Crippen LogP contribution in [0.2, 0.25) is 0 Å².